The number of nitrogens with one attached hydrogen (secondary N) is 1. The second-order valence-electron chi connectivity index (χ2n) is 5.02. The first-order valence-electron chi connectivity index (χ1n) is 6.66. The van der Waals surface area contributed by atoms with Gasteiger partial charge in [-0.25, -0.2) is 0 Å². The smallest absolute Gasteiger partial charge is 0.123 e. The summed E-state index contributed by atoms with van der Waals surface area (Å²) in [5, 5.41) is 7.75. The van der Waals surface area contributed by atoms with E-state index in [0.717, 1.165) is 18.0 Å². The Kier molecular flexibility index (Phi) is 3.25. The first-order chi connectivity index (χ1) is 9.28. The highest BCUT2D eigenvalue weighted by Crippen LogP contribution is 2.27. The minimum atomic E-state index is 0.699. The second-order valence-corrected chi connectivity index (χ2v) is 5.02. The predicted molar refractivity (Wildman–Crippen MR) is 75.1 cm³/mol. The molecule has 0 unspecified atom stereocenters. The lowest BCUT2D eigenvalue weighted by Crippen LogP contribution is -2.16. The number of aromatic nitrogens is 2. The molecular weight excluding hydrogens is 238 g/mol. The molecule has 1 aromatic heterocycles. The van der Waals surface area contributed by atoms with Crippen LogP contribution in [-0.4, -0.2) is 22.9 Å². The molecular formula is C15H19N3O. The number of ether oxygens (including phenoxy) is 1. The first kappa shape index (κ1) is 12.2. The average Bonchev–Trinajstić information content (AvgIpc) is 3.17. The molecule has 3 rings (SSSR count). The third-order valence-corrected chi connectivity index (χ3v) is 3.56. The van der Waals surface area contributed by atoms with Crippen LogP contribution in [0, 0.1) is 0 Å². The van der Waals surface area contributed by atoms with Gasteiger partial charge < -0.3 is 10.1 Å². The Bertz CT molecular complexity index is 573. The zero-order chi connectivity index (χ0) is 13.2. The van der Waals surface area contributed by atoms with Gasteiger partial charge in [0.1, 0.15) is 5.75 Å². The van der Waals surface area contributed by atoms with Gasteiger partial charge in [0.2, 0.25) is 0 Å². The monoisotopic (exact) mass is 257 g/mol. The number of hydrogen-bond donors (Lipinski definition) is 1. The summed E-state index contributed by atoms with van der Waals surface area (Å²) in [7, 11) is 3.68. The van der Waals surface area contributed by atoms with Crippen molar-refractivity contribution in [1.29, 1.82) is 0 Å². The summed E-state index contributed by atoms with van der Waals surface area (Å²) in [5.41, 5.74) is 3.50. The molecule has 0 atom stereocenters. The van der Waals surface area contributed by atoms with Gasteiger partial charge in [0.25, 0.3) is 0 Å². The lowest BCUT2D eigenvalue weighted by atomic mass is 10.1. The summed E-state index contributed by atoms with van der Waals surface area (Å²) in [6.45, 7) is 0.861. The zero-order valence-corrected chi connectivity index (χ0v) is 11.4. The molecule has 100 valence electrons. The van der Waals surface area contributed by atoms with E-state index in [-0.39, 0.29) is 0 Å². The number of benzene rings is 1. The fourth-order valence-corrected chi connectivity index (χ4v) is 2.27. The van der Waals surface area contributed by atoms with Crippen LogP contribution in [0.5, 0.6) is 5.75 Å². The van der Waals surface area contributed by atoms with E-state index in [1.54, 1.807) is 7.11 Å². The van der Waals surface area contributed by atoms with Gasteiger partial charge in [-0.1, -0.05) is 0 Å². The molecule has 0 radical (unpaired) electrons. The third kappa shape index (κ3) is 2.63. The van der Waals surface area contributed by atoms with E-state index in [0.29, 0.717) is 6.04 Å². The molecule has 0 bridgehead atoms. The van der Waals surface area contributed by atoms with E-state index < -0.39 is 0 Å². The largest absolute Gasteiger partial charge is 0.496 e. The summed E-state index contributed by atoms with van der Waals surface area (Å²) in [6.07, 6.45) is 4.41. The van der Waals surface area contributed by atoms with Gasteiger partial charge in [-0.15, -0.1) is 0 Å². The highest BCUT2D eigenvalue weighted by Gasteiger charge is 2.20. The van der Waals surface area contributed by atoms with Crippen LogP contribution in [0.15, 0.2) is 30.5 Å². The van der Waals surface area contributed by atoms with Crippen LogP contribution < -0.4 is 10.1 Å². The van der Waals surface area contributed by atoms with Gasteiger partial charge in [-0.05, 0) is 37.1 Å². The molecule has 1 aliphatic carbocycles. The van der Waals surface area contributed by atoms with E-state index in [1.165, 1.54) is 24.0 Å². The van der Waals surface area contributed by atoms with Crippen molar-refractivity contribution in [2.75, 3.05) is 7.11 Å². The number of methoxy groups -OCH3 is 1. The van der Waals surface area contributed by atoms with Crippen molar-refractivity contribution < 1.29 is 4.74 Å². The van der Waals surface area contributed by atoms with Crippen LogP contribution in [0.25, 0.3) is 11.3 Å². The topological polar surface area (TPSA) is 39.1 Å². The van der Waals surface area contributed by atoms with Crippen molar-refractivity contribution in [2.24, 2.45) is 7.05 Å². The first-order valence-corrected chi connectivity index (χ1v) is 6.66. The van der Waals surface area contributed by atoms with Gasteiger partial charge in [0, 0.05) is 37.0 Å². The lowest BCUT2D eigenvalue weighted by Gasteiger charge is -2.11. The SMILES string of the molecule is COc1ccc(-c2ccnn2C)cc1CNC1CC1. The molecule has 0 saturated heterocycles. The Morgan fingerprint density at radius 2 is 2.21 bits per heavy atom. The van der Waals surface area contributed by atoms with Gasteiger partial charge in [0.15, 0.2) is 0 Å². The van der Waals surface area contributed by atoms with Gasteiger partial charge in [0.05, 0.1) is 12.8 Å². The highest BCUT2D eigenvalue weighted by molar-refractivity contribution is 5.62. The maximum Gasteiger partial charge on any atom is 0.123 e. The fraction of sp³-hybridized carbons (Fsp3) is 0.400. The predicted octanol–water partition coefficient (Wildman–Crippen LogP) is 2.35. The Morgan fingerprint density at radius 1 is 1.37 bits per heavy atom. The maximum atomic E-state index is 5.44. The van der Waals surface area contributed by atoms with E-state index in [2.05, 4.69) is 22.5 Å². The van der Waals surface area contributed by atoms with Gasteiger partial charge in [-0.2, -0.15) is 5.10 Å². The Balaban J connectivity index is 1.89. The van der Waals surface area contributed by atoms with Crippen molar-refractivity contribution in [3.05, 3.63) is 36.0 Å². The molecule has 2 aromatic rings. The molecule has 0 spiro atoms. The number of nitrogens with zero attached hydrogens (tertiary/aromatic N) is 2. The molecule has 1 heterocycles. The molecule has 0 amide bonds. The fourth-order valence-electron chi connectivity index (χ4n) is 2.27. The minimum absolute atomic E-state index is 0.699. The molecule has 1 fully saturated rings. The summed E-state index contributed by atoms with van der Waals surface area (Å²) in [5.74, 6) is 0.944. The van der Waals surface area contributed by atoms with Crippen molar-refractivity contribution in [1.82, 2.24) is 15.1 Å². The molecule has 1 saturated carbocycles. The van der Waals surface area contributed by atoms with Crippen molar-refractivity contribution in [3.8, 4) is 17.0 Å². The van der Waals surface area contributed by atoms with Crippen LogP contribution in [0.4, 0.5) is 0 Å². The summed E-state index contributed by atoms with van der Waals surface area (Å²) in [6, 6.07) is 9.03. The highest BCUT2D eigenvalue weighted by atomic mass is 16.5. The molecule has 4 nitrogen and oxygen atoms in total. The molecule has 19 heavy (non-hydrogen) atoms. The van der Waals surface area contributed by atoms with Crippen LogP contribution in [0.2, 0.25) is 0 Å². The number of rotatable bonds is 5. The van der Waals surface area contributed by atoms with E-state index in [1.807, 2.05) is 30.1 Å². The summed E-state index contributed by atoms with van der Waals surface area (Å²) >= 11 is 0. The average molecular weight is 257 g/mol. The van der Waals surface area contributed by atoms with Crippen LogP contribution in [-0.2, 0) is 13.6 Å². The molecule has 4 heteroatoms. The molecule has 1 aromatic carbocycles. The van der Waals surface area contributed by atoms with Gasteiger partial charge in [-0.3, -0.25) is 4.68 Å². The van der Waals surface area contributed by atoms with Crippen molar-refractivity contribution in [2.45, 2.75) is 25.4 Å². The second kappa shape index (κ2) is 5.05. The molecule has 1 aliphatic rings. The van der Waals surface area contributed by atoms with Gasteiger partial charge >= 0.3 is 0 Å². The van der Waals surface area contributed by atoms with E-state index >= 15 is 0 Å². The number of aryl methyl sites for hydroxylation is 1. The third-order valence-electron chi connectivity index (χ3n) is 3.56. The summed E-state index contributed by atoms with van der Waals surface area (Å²) < 4.78 is 7.33. The maximum absolute atomic E-state index is 5.44. The van der Waals surface area contributed by atoms with E-state index in [9.17, 15) is 0 Å². The molecule has 0 aliphatic heterocycles. The zero-order valence-electron chi connectivity index (χ0n) is 11.4. The van der Waals surface area contributed by atoms with Crippen LogP contribution in [0.3, 0.4) is 0 Å². The molecule has 1 N–H and O–H groups in total. The Hall–Kier alpha value is -1.81. The quantitative estimate of drug-likeness (QED) is 0.893. The van der Waals surface area contributed by atoms with Crippen molar-refractivity contribution >= 4 is 0 Å². The van der Waals surface area contributed by atoms with Crippen LogP contribution in [0.1, 0.15) is 18.4 Å². The standard InChI is InChI=1S/C15H19N3O/c1-18-14(7-8-17-18)11-3-6-15(19-2)12(9-11)10-16-13-4-5-13/h3,6-9,13,16H,4-5,10H2,1-2H3. The number of hydrogen-bond acceptors (Lipinski definition) is 3. The Morgan fingerprint density at radius 3 is 2.84 bits per heavy atom. The minimum Gasteiger partial charge on any atom is -0.496 e. The normalized spacial score (nSPS) is 14.6. The van der Waals surface area contributed by atoms with Crippen molar-refractivity contribution in [3.63, 3.8) is 0 Å². The Labute approximate surface area is 113 Å². The lowest BCUT2D eigenvalue weighted by molar-refractivity contribution is 0.407. The summed E-state index contributed by atoms with van der Waals surface area (Å²) in [4.78, 5) is 0. The van der Waals surface area contributed by atoms with E-state index in [4.69, 9.17) is 4.74 Å². The van der Waals surface area contributed by atoms with Crippen LogP contribution >= 0.6 is 0 Å².